The highest BCUT2D eigenvalue weighted by atomic mass is 16.5. The number of hydrogen-bond acceptors (Lipinski definition) is 2. The second-order valence-corrected chi connectivity index (χ2v) is 5.78. The Balaban J connectivity index is 2.48. The number of rotatable bonds is 3. The molecule has 0 spiro atoms. The van der Waals surface area contributed by atoms with Gasteiger partial charge in [0, 0.05) is 18.4 Å². The lowest BCUT2D eigenvalue weighted by Crippen LogP contribution is -2.52. The second kappa shape index (κ2) is 4.85. The molecule has 2 rings (SSSR count). The Morgan fingerprint density at radius 1 is 1.28 bits per heavy atom. The number of carbonyl (C=O) groups is 1. The minimum absolute atomic E-state index is 0.180. The fraction of sp³-hybridized carbons (Fsp3) is 0.562. The quantitative estimate of drug-likeness (QED) is 0.764. The average Bonchev–Trinajstić information content (AvgIpc) is 2.33. The number of carbonyl (C=O) groups excluding carboxylic acids is 1. The molecule has 0 aromatic heterocycles. The van der Waals surface area contributed by atoms with Gasteiger partial charge in [-0.1, -0.05) is 29.8 Å². The van der Waals surface area contributed by atoms with Gasteiger partial charge in [0.25, 0.3) is 0 Å². The molecule has 1 heterocycles. The van der Waals surface area contributed by atoms with Gasteiger partial charge in [-0.2, -0.15) is 0 Å². The van der Waals surface area contributed by atoms with Crippen molar-refractivity contribution in [3.63, 3.8) is 0 Å². The Hall–Kier alpha value is -1.15. The summed E-state index contributed by atoms with van der Waals surface area (Å²) in [5.41, 5.74) is 2.00. The van der Waals surface area contributed by atoms with Gasteiger partial charge in [0.2, 0.25) is 0 Å². The summed E-state index contributed by atoms with van der Waals surface area (Å²) in [6, 6.07) is 8.53. The summed E-state index contributed by atoms with van der Waals surface area (Å²) in [6.07, 6.45) is 3.60. The molecule has 1 saturated heterocycles. The van der Waals surface area contributed by atoms with E-state index in [1.54, 1.807) is 0 Å². The molecule has 1 aromatic rings. The lowest BCUT2D eigenvalue weighted by atomic mass is 9.63. The molecule has 0 aliphatic carbocycles. The third-order valence-corrected chi connectivity index (χ3v) is 4.40. The zero-order valence-electron chi connectivity index (χ0n) is 11.5. The summed E-state index contributed by atoms with van der Waals surface area (Å²) < 4.78 is 5.96. The Morgan fingerprint density at radius 2 is 1.94 bits per heavy atom. The number of hydrogen-bond donors (Lipinski definition) is 0. The van der Waals surface area contributed by atoms with Gasteiger partial charge in [0.05, 0.1) is 5.60 Å². The normalized spacial score (nSPS) is 26.8. The van der Waals surface area contributed by atoms with Crippen LogP contribution in [0.25, 0.3) is 0 Å². The third-order valence-electron chi connectivity index (χ3n) is 4.40. The van der Waals surface area contributed by atoms with Gasteiger partial charge in [0.15, 0.2) is 0 Å². The molecule has 1 atom stereocenters. The summed E-state index contributed by atoms with van der Waals surface area (Å²) in [7, 11) is 0. The van der Waals surface area contributed by atoms with Gasteiger partial charge in [-0.05, 0) is 39.2 Å². The summed E-state index contributed by atoms with van der Waals surface area (Å²) in [4.78, 5) is 11.2. The van der Waals surface area contributed by atoms with E-state index >= 15 is 0 Å². The molecular weight excluding hydrogens is 224 g/mol. The monoisotopic (exact) mass is 246 g/mol. The average molecular weight is 246 g/mol. The first kappa shape index (κ1) is 13.3. The van der Waals surface area contributed by atoms with Gasteiger partial charge in [-0.25, -0.2) is 0 Å². The summed E-state index contributed by atoms with van der Waals surface area (Å²) >= 11 is 0. The highest BCUT2D eigenvalue weighted by Crippen LogP contribution is 2.46. The second-order valence-electron chi connectivity index (χ2n) is 5.78. The van der Waals surface area contributed by atoms with Crippen molar-refractivity contribution in [3.8, 4) is 0 Å². The molecule has 1 aromatic carbocycles. The maximum Gasteiger partial charge on any atom is 0.120 e. The van der Waals surface area contributed by atoms with Crippen LogP contribution in [0.5, 0.6) is 0 Å². The summed E-state index contributed by atoms with van der Waals surface area (Å²) in [5, 5.41) is 0. The van der Waals surface area contributed by atoms with Crippen molar-refractivity contribution in [2.24, 2.45) is 0 Å². The zero-order valence-corrected chi connectivity index (χ0v) is 11.5. The van der Waals surface area contributed by atoms with Crippen LogP contribution in [0.1, 0.15) is 44.2 Å². The number of aldehydes is 1. The van der Waals surface area contributed by atoms with Gasteiger partial charge in [-0.3, -0.25) is 0 Å². The van der Waals surface area contributed by atoms with Crippen LogP contribution in [-0.2, 0) is 14.9 Å². The van der Waals surface area contributed by atoms with Crippen molar-refractivity contribution in [2.45, 2.75) is 51.0 Å². The van der Waals surface area contributed by atoms with Crippen LogP contribution in [-0.4, -0.2) is 18.5 Å². The predicted octanol–water partition coefficient (Wildman–Crippen LogP) is 3.41. The van der Waals surface area contributed by atoms with Crippen molar-refractivity contribution >= 4 is 6.29 Å². The molecule has 18 heavy (non-hydrogen) atoms. The Labute approximate surface area is 109 Å². The maximum atomic E-state index is 11.2. The van der Waals surface area contributed by atoms with E-state index in [4.69, 9.17) is 4.74 Å². The minimum Gasteiger partial charge on any atom is -0.375 e. The molecule has 1 aliphatic rings. The molecular formula is C16H22O2. The Morgan fingerprint density at radius 3 is 2.50 bits per heavy atom. The molecule has 0 amide bonds. The van der Waals surface area contributed by atoms with Crippen LogP contribution in [0.15, 0.2) is 24.3 Å². The van der Waals surface area contributed by atoms with Crippen LogP contribution in [0.3, 0.4) is 0 Å². The lowest BCUT2D eigenvalue weighted by molar-refractivity contribution is -0.128. The van der Waals surface area contributed by atoms with Crippen molar-refractivity contribution in [3.05, 3.63) is 35.4 Å². The molecule has 2 heteroatoms. The predicted molar refractivity (Wildman–Crippen MR) is 72.8 cm³/mol. The Bertz CT molecular complexity index is 419. The molecule has 1 unspecified atom stereocenters. The summed E-state index contributed by atoms with van der Waals surface area (Å²) in [5.74, 6) is 0. The third kappa shape index (κ3) is 2.10. The highest BCUT2D eigenvalue weighted by Gasteiger charge is 2.48. The van der Waals surface area contributed by atoms with Crippen molar-refractivity contribution in [1.82, 2.24) is 0 Å². The van der Waals surface area contributed by atoms with E-state index < -0.39 is 0 Å². The van der Waals surface area contributed by atoms with Gasteiger partial charge in [0.1, 0.15) is 6.29 Å². The van der Waals surface area contributed by atoms with E-state index in [1.165, 1.54) is 11.1 Å². The van der Waals surface area contributed by atoms with Crippen molar-refractivity contribution in [1.29, 1.82) is 0 Å². The zero-order chi connectivity index (χ0) is 13.2. The maximum absolute atomic E-state index is 11.2. The van der Waals surface area contributed by atoms with Crippen molar-refractivity contribution in [2.75, 3.05) is 6.61 Å². The largest absolute Gasteiger partial charge is 0.375 e. The van der Waals surface area contributed by atoms with Crippen LogP contribution in [0, 0.1) is 6.92 Å². The molecule has 0 radical (unpaired) electrons. The van der Waals surface area contributed by atoms with E-state index in [0.29, 0.717) is 6.42 Å². The molecule has 2 nitrogen and oxygen atoms in total. The van der Waals surface area contributed by atoms with E-state index in [0.717, 1.165) is 25.7 Å². The SMILES string of the molecule is Cc1ccc(C2(CC=O)CCCOC2(C)C)cc1. The van der Waals surface area contributed by atoms with E-state index in [2.05, 4.69) is 45.0 Å². The Kier molecular flexibility index (Phi) is 3.58. The molecule has 1 aliphatic heterocycles. The number of ether oxygens (including phenoxy) is 1. The first-order chi connectivity index (χ1) is 8.52. The number of aryl methyl sites for hydroxylation is 1. The summed E-state index contributed by atoms with van der Waals surface area (Å²) in [6.45, 7) is 7.09. The topological polar surface area (TPSA) is 26.3 Å². The highest BCUT2D eigenvalue weighted by molar-refractivity contribution is 5.55. The fourth-order valence-corrected chi connectivity index (χ4v) is 3.11. The molecule has 0 N–H and O–H groups in total. The van der Waals surface area contributed by atoms with Crippen LogP contribution >= 0.6 is 0 Å². The first-order valence-corrected chi connectivity index (χ1v) is 6.67. The van der Waals surface area contributed by atoms with Crippen LogP contribution < -0.4 is 0 Å². The van der Waals surface area contributed by atoms with Gasteiger partial charge < -0.3 is 9.53 Å². The molecule has 0 bridgehead atoms. The van der Waals surface area contributed by atoms with Crippen LogP contribution in [0.2, 0.25) is 0 Å². The van der Waals surface area contributed by atoms with E-state index in [-0.39, 0.29) is 11.0 Å². The molecule has 98 valence electrons. The standard InChI is InChI=1S/C16H22O2/c1-13-5-7-14(8-6-13)16(10-11-17)9-4-12-18-15(16,2)3/h5-8,11H,4,9-10,12H2,1-3H3. The van der Waals surface area contributed by atoms with Crippen molar-refractivity contribution < 1.29 is 9.53 Å². The minimum atomic E-state index is -0.290. The number of benzene rings is 1. The van der Waals surface area contributed by atoms with E-state index in [9.17, 15) is 4.79 Å². The molecule has 1 fully saturated rings. The first-order valence-electron chi connectivity index (χ1n) is 6.67. The lowest BCUT2D eigenvalue weighted by Gasteiger charge is -2.49. The fourth-order valence-electron chi connectivity index (χ4n) is 3.11. The van der Waals surface area contributed by atoms with Gasteiger partial charge >= 0.3 is 0 Å². The smallest absolute Gasteiger partial charge is 0.120 e. The van der Waals surface area contributed by atoms with Gasteiger partial charge in [-0.15, -0.1) is 0 Å². The molecule has 0 saturated carbocycles. The van der Waals surface area contributed by atoms with Crippen LogP contribution in [0.4, 0.5) is 0 Å². The van der Waals surface area contributed by atoms with E-state index in [1.807, 2.05) is 0 Å².